The second-order valence-electron chi connectivity index (χ2n) is 11.3. The molecule has 1 aromatic rings. The zero-order valence-electron chi connectivity index (χ0n) is 24.7. The summed E-state index contributed by atoms with van der Waals surface area (Å²) in [5, 5.41) is 7.98. The lowest BCUT2D eigenvalue weighted by atomic mass is 9.83. The molecule has 13 heteroatoms. The van der Waals surface area contributed by atoms with Crippen LogP contribution in [0.4, 0.5) is 8.78 Å². The number of carbonyl (C=O) groups excluding carboxylic acids is 4. The molecule has 0 aromatic heterocycles. The van der Waals surface area contributed by atoms with Crippen LogP contribution in [0.1, 0.15) is 43.5 Å². The molecule has 2 heterocycles. The Bertz CT molecular complexity index is 1100. The van der Waals surface area contributed by atoms with Crippen molar-refractivity contribution in [3.8, 4) is 5.75 Å². The maximum Gasteiger partial charge on any atom is 0.248 e. The van der Waals surface area contributed by atoms with E-state index in [0.29, 0.717) is 38.7 Å². The number of hydrogen-bond donors (Lipinski definition) is 3. The fourth-order valence-electron chi connectivity index (χ4n) is 4.53. The van der Waals surface area contributed by atoms with Crippen molar-refractivity contribution in [2.45, 2.75) is 63.6 Å². The van der Waals surface area contributed by atoms with E-state index in [1.165, 1.54) is 0 Å². The minimum Gasteiger partial charge on any atom is -0.497 e. The lowest BCUT2D eigenvalue weighted by molar-refractivity contribution is -0.133. The molecule has 11 nitrogen and oxygen atoms in total. The number of Topliss-reactive ketones (excluding diaryl/α,β-unsaturated/α-hetero) is 1. The summed E-state index contributed by atoms with van der Waals surface area (Å²) in [6.07, 6.45) is 0.401. The average Bonchev–Trinajstić information content (AvgIpc) is 3.69. The first kappa shape index (κ1) is 33.3. The Morgan fingerprint density at radius 1 is 1.10 bits per heavy atom. The first-order chi connectivity index (χ1) is 19.8. The lowest BCUT2D eigenvalue weighted by Crippen LogP contribution is -2.55. The zero-order valence-corrected chi connectivity index (χ0v) is 24.7. The van der Waals surface area contributed by atoms with Crippen LogP contribution in [-0.2, 0) is 35.1 Å². The highest BCUT2D eigenvalue weighted by molar-refractivity contribution is 5.96. The van der Waals surface area contributed by atoms with Gasteiger partial charge in [0.25, 0.3) is 0 Å². The second-order valence-corrected chi connectivity index (χ2v) is 11.3. The molecule has 1 saturated carbocycles. The molecule has 2 aliphatic heterocycles. The first-order valence-electron chi connectivity index (χ1n) is 14.2. The van der Waals surface area contributed by atoms with Crippen molar-refractivity contribution in [3.05, 3.63) is 29.8 Å². The first-order valence-corrected chi connectivity index (χ1v) is 14.2. The molecule has 0 bridgehead atoms. The molecule has 3 N–H and O–H groups in total. The van der Waals surface area contributed by atoms with Gasteiger partial charge in [-0.1, -0.05) is 19.1 Å². The Labute approximate surface area is 249 Å². The van der Waals surface area contributed by atoms with Crippen molar-refractivity contribution in [1.29, 1.82) is 0 Å². The molecular weight excluding hydrogens is 554 g/mol. The van der Waals surface area contributed by atoms with Crippen LogP contribution in [0, 0.1) is 5.92 Å². The van der Waals surface area contributed by atoms with E-state index in [4.69, 9.17) is 14.2 Å². The molecule has 3 amide bonds. The highest BCUT2D eigenvalue weighted by Crippen LogP contribution is 2.41. The summed E-state index contributed by atoms with van der Waals surface area (Å²) < 4.78 is 39.1. The van der Waals surface area contributed by atoms with E-state index in [1.54, 1.807) is 45.2 Å². The van der Waals surface area contributed by atoms with Crippen LogP contribution in [0.3, 0.4) is 0 Å². The molecule has 1 aliphatic carbocycles. The van der Waals surface area contributed by atoms with Gasteiger partial charge in [0.2, 0.25) is 23.6 Å². The molecule has 3 fully saturated rings. The largest absolute Gasteiger partial charge is 0.497 e. The second kappa shape index (κ2) is 14.8. The number of morpholine rings is 1. The normalized spacial score (nSPS) is 22.7. The van der Waals surface area contributed by atoms with Gasteiger partial charge < -0.3 is 30.2 Å². The molecule has 1 aromatic carbocycles. The molecule has 3 aliphatic rings. The van der Waals surface area contributed by atoms with Gasteiger partial charge in [0.05, 0.1) is 40.0 Å². The van der Waals surface area contributed by atoms with E-state index in [1.807, 2.05) is 11.8 Å². The quantitative estimate of drug-likeness (QED) is 0.308. The summed E-state index contributed by atoms with van der Waals surface area (Å²) in [4.78, 5) is 52.3. The molecule has 2 saturated heterocycles. The third kappa shape index (κ3) is 10.6. The molecular formula is C29H48F2N4O7. The van der Waals surface area contributed by atoms with E-state index in [2.05, 4.69) is 16.0 Å². The number of amides is 3. The zero-order chi connectivity index (χ0) is 30.9. The van der Waals surface area contributed by atoms with Crippen LogP contribution in [0.2, 0.25) is 0 Å². The van der Waals surface area contributed by atoms with E-state index in [9.17, 15) is 28.0 Å². The van der Waals surface area contributed by atoms with E-state index in [-0.39, 0.29) is 54.2 Å². The Morgan fingerprint density at radius 2 is 1.71 bits per heavy atom. The Kier molecular flexibility index (Phi) is 11.8. The summed E-state index contributed by atoms with van der Waals surface area (Å²) in [6, 6.07) is 5.31. The predicted molar refractivity (Wildman–Crippen MR) is 156 cm³/mol. The summed E-state index contributed by atoms with van der Waals surface area (Å²) in [7, 11) is 1.56. The highest BCUT2D eigenvalue weighted by Gasteiger charge is 2.46. The van der Waals surface area contributed by atoms with Crippen LogP contribution in [0.25, 0.3) is 0 Å². The van der Waals surface area contributed by atoms with Crippen LogP contribution in [0.5, 0.6) is 5.75 Å². The highest BCUT2D eigenvalue weighted by atomic mass is 19.3. The van der Waals surface area contributed by atoms with Crippen LogP contribution >= 0.6 is 0 Å². The lowest BCUT2D eigenvalue weighted by Gasteiger charge is -2.31. The van der Waals surface area contributed by atoms with Crippen molar-refractivity contribution in [1.82, 2.24) is 20.9 Å². The van der Waals surface area contributed by atoms with Gasteiger partial charge >= 0.3 is 0 Å². The fraction of sp³-hybridized carbons (Fsp3) is 0.655. The van der Waals surface area contributed by atoms with E-state index < -0.39 is 35.4 Å². The summed E-state index contributed by atoms with van der Waals surface area (Å²) in [6.45, 7) is 7.81. The Balaban J connectivity index is 0.00000171. The van der Waals surface area contributed by atoms with E-state index >= 15 is 0 Å². The number of rotatable bonds is 12. The van der Waals surface area contributed by atoms with Gasteiger partial charge in [-0.05, 0) is 37.5 Å². The minimum absolute atomic E-state index is 0. The summed E-state index contributed by atoms with van der Waals surface area (Å²) >= 11 is 0. The average molecular weight is 603 g/mol. The number of methoxy groups -OCH3 is 1. The number of hydrogen-bond acceptors (Lipinski definition) is 8. The molecule has 240 valence electrons. The molecule has 3 atom stereocenters. The molecule has 0 radical (unpaired) electrons. The van der Waals surface area contributed by atoms with Gasteiger partial charge in [-0.3, -0.25) is 24.1 Å². The van der Waals surface area contributed by atoms with Crippen molar-refractivity contribution >= 4 is 23.5 Å². The van der Waals surface area contributed by atoms with Gasteiger partial charge in [-0.2, -0.15) is 0 Å². The third-order valence-corrected chi connectivity index (χ3v) is 7.36. The number of alkyl halides is 2. The molecule has 4 rings (SSSR count). The fourth-order valence-corrected chi connectivity index (χ4v) is 4.53. The molecule has 0 spiro atoms. The topological polar surface area (TPSA) is 139 Å². The number of benzene rings is 1. The van der Waals surface area contributed by atoms with Gasteiger partial charge in [-0.15, -0.1) is 0 Å². The third-order valence-electron chi connectivity index (χ3n) is 7.36. The number of halogens is 2. The molecule has 42 heavy (non-hydrogen) atoms. The van der Waals surface area contributed by atoms with Gasteiger partial charge in [0.1, 0.15) is 23.4 Å². The van der Waals surface area contributed by atoms with Crippen molar-refractivity contribution in [2.24, 2.45) is 5.92 Å². The minimum atomic E-state index is -2.31. The molecule has 0 unspecified atom stereocenters. The van der Waals surface area contributed by atoms with Crippen LogP contribution in [-0.4, -0.2) is 105 Å². The summed E-state index contributed by atoms with van der Waals surface area (Å²) in [5.74, 6) is -2.90. The smallest absolute Gasteiger partial charge is 0.248 e. The maximum absolute atomic E-state index is 12.9. The monoisotopic (exact) mass is 602 g/mol. The SMILES string of the molecule is CC1CC(F)(F)C1.COc1ccc(C[C@H](NC(=O)[C@H](C)NC(=O)CN2CCOCC2)C(=O)NCC(=O)[C@@]2(C)CO2)cc1.[HH].[HH].[HH]. The number of ketones is 1. The predicted octanol–water partition coefficient (Wildman–Crippen LogP) is 1.82. The Hall–Kier alpha value is -3.16. The number of nitrogens with zero attached hydrogens (tertiary/aromatic N) is 1. The van der Waals surface area contributed by atoms with Crippen molar-refractivity contribution < 1.29 is 46.4 Å². The van der Waals surface area contributed by atoms with Crippen molar-refractivity contribution in [3.63, 3.8) is 0 Å². The number of epoxide rings is 1. The number of carbonyl (C=O) groups is 4. The van der Waals surface area contributed by atoms with E-state index in [0.717, 1.165) is 5.56 Å². The van der Waals surface area contributed by atoms with Crippen LogP contribution in [0.15, 0.2) is 24.3 Å². The van der Waals surface area contributed by atoms with Crippen molar-refractivity contribution in [2.75, 3.05) is 53.1 Å². The standard InChI is InChI=1S/C24H34N4O7.C5H8F2.3H2/c1-16(26-21(30)14-28-8-10-34-11-9-28)22(31)27-19(12-17-4-6-18(33-3)7-5-17)23(32)25-13-20(29)24(2)15-35-24;1-4-2-5(6,7)3-4;;;/h4-7,16,19H,8-15H2,1-3H3,(H,25,32)(H,26,30)(H,27,31);4H,2-3H2,1H3;3*1H/t16-,19-,24+;;;;/m0..../s1. The number of nitrogens with one attached hydrogen (secondary N) is 3. The maximum atomic E-state index is 12.9. The van der Waals surface area contributed by atoms with Gasteiger partial charge in [-0.25, -0.2) is 8.78 Å². The number of ether oxygens (including phenoxy) is 3. The summed E-state index contributed by atoms with van der Waals surface area (Å²) in [5.41, 5.74) is -0.0551. The van der Waals surface area contributed by atoms with Gasteiger partial charge in [0, 0.05) is 36.6 Å². The Morgan fingerprint density at radius 3 is 2.21 bits per heavy atom. The van der Waals surface area contributed by atoms with Crippen LogP contribution < -0.4 is 20.7 Å². The van der Waals surface area contributed by atoms with Gasteiger partial charge in [0.15, 0.2) is 5.78 Å².